The standard InChI is InChI=1S/C16H14N3O4/c1-11-2-3-13(14(10-11)19(22)23)17-8-6-12(7-9-17)18-15(20)4-5-16(18)21/h2-3,6-10H,4-5H2,1H3/q+1. The summed E-state index contributed by atoms with van der Waals surface area (Å²) < 4.78 is 1.59. The number of nitro benzene ring substituents is 1. The second-order valence-corrected chi connectivity index (χ2v) is 5.34. The molecule has 2 aromatic rings. The highest BCUT2D eigenvalue weighted by Crippen LogP contribution is 2.23. The Hall–Kier alpha value is -3.09. The lowest BCUT2D eigenvalue weighted by Gasteiger charge is -2.12. The minimum atomic E-state index is -0.434. The number of pyridine rings is 1. The predicted molar refractivity (Wildman–Crippen MR) is 81.1 cm³/mol. The molecule has 0 saturated carbocycles. The van der Waals surface area contributed by atoms with E-state index < -0.39 is 4.92 Å². The average molecular weight is 312 g/mol. The van der Waals surface area contributed by atoms with E-state index >= 15 is 0 Å². The van der Waals surface area contributed by atoms with E-state index in [4.69, 9.17) is 0 Å². The van der Waals surface area contributed by atoms with Crippen LogP contribution in [0.5, 0.6) is 0 Å². The number of anilines is 1. The molecule has 2 heterocycles. The van der Waals surface area contributed by atoms with Crippen molar-refractivity contribution in [2.45, 2.75) is 19.8 Å². The Morgan fingerprint density at radius 2 is 1.70 bits per heavy atom. The van der Waals surface area contributed by atoms with Crippen LogP contribution in [0.3, 0.4) is 0 Å². The van der Waals surface area contributed by atoms with Crippen LogP contribution in [0.4, 0.5) is 11.4 Å². The zero-order valence-corrected chi connectivity index (χ0v) is 12.4. The van der Waals surface area contributed by atoms with Crippen molar-refractivity contribution in [1.82, 2.24) is 0 Å². The summed E-state index contributed by atoms with van der Waals surface area (Å²) in [6.07, 6.45) is 3.64. The van der Waals surface area contributed by atoms with E-state index in [9.17, 15) is 19.7 Å². The summed E-state index contributed by atoms with van der Waals surface area (Å²) in [5.41, 5.74) is 1.69. The normalized spacial score (nSPS) is 14.4. The summed E-state index contributed by atoms with van der Waals surface area (Å²) in [6.45, 7) is 1.79. The highest BCUT2D eigenvalue weighted by Gasteiger charge is 2.31. The zero-order valence-electron chi connectivity index (χ0n) is 12.4. The van der Waals surface area contributed by atoms with Gasteiger partial charge in [0.1, 0.15) is 0 Å². The molecule has 3 rings (SSSR count). The maximum atomic E-state index is 11.7. The fourth-order valence-corrected chi connectivity index (χ4v) is 2.59. The number of aryl methyl sites for hydroxylation is 1. The number of imide groups is 1. The van der Waals surface area contributed by atoms with Crippen molar-refractivity contribution < 1.29 is 19.1 Å². The fourth-order valence-electron chi connectivity index (χ4n) is 2.59. The van der Waals surface area contributed by atoms with Gasteiger partial charge in [-0.3, -0.25) is 24.6 Å². The van der Waals surface area contributed by atoms with Gasteiger partial charge in [-0.05, 0) is 12.5 Å². The molecule has 1 aromatic heterocycles. The van der Waals surface area contributed by atoms with Gasteiger partial charge < -0.3 is 0 Å². The summed E-state index contributed by atoms with van der Waals surface area (Å²) in [5.74, 6) is -0.455. The van der Waals surface area contributed by atoms with Crippen molar-refractivity contribution in [2.75, 3.05) is 4.90 Å². The van der Waals surface area contributed by atoms with Crippen molar-refractivity contribution >= 4 is 23.2 Å². The Balaban J connectivity index is 1.99. The van der Waals surface area contributed by atoms with Gasteiger partial charge in [-0.25, -0.2) is 0 Å². The number of hydrogen-bond donors (Lipinski definition) is 0. The van der Waals surface area contributed by atoms with Crippen LogP contribution in [-0.2, 0) is 9.59 Å². The molecule has 1 aromatic carbocycles. The number of rotatable bonds is 3. The van der Waals surface area contributed by atoms with E-state index in [1.54, 1.807) is 48.1 Å². The first kappa shape index (κ1) is 14.8. The smallest absolute Gasteiger partial charge is 0.274 e. The molecule has 7 heteroatoms. The number of amides is 2. The molecule has 116 valence electrons. The van der Waals surface area contributed by atoms with Crippen molar-refractivity contribution in [3.8, 4) is 5.69 Å². The molecular formula is C16H14N3O4+. The summed E-state index contributed by atoms with van der Waals surface area (Å²) in [4.78, 5) is 35.4. The van der Waals surface area contributed by atoms with Crippen LogP contribution < -0.4 is 9.47 Å². The minimum absolute atomic E-state index is 0.00363. The molecule has 1 aliphatic heterocycles. The number of aromatic nitrogens is 1. The summed E-state index contributed by atoms with van der Waals surface area (Å²) in [6, 6.07) is 8.16. The largest absolute Gasteiger partial charge is 0.340 e. The van der Waals surface area contributed by atoms with E-state index in [-0.39, 0.29) is 30.3 Å². The van der Waals surface area contributed by atoms with Crippen molar-refractivity contribution in [1.29, 1.82) is 0 Å². The molecule has 1 fully saturated rings. The maximum absolute atomic E-state index is 11.7. The SMILES string of the molecule is Cc1ccc(-[n+]2ccc(N3C(=O)CCC3=O)cc2)c([N+](=O)[O-])c1. The number of carbonyl (C=O) groups excluding carboxylic acids is 2. The molecule has 0 bridgehead atoms. The Bertz CT molecular complexity index is 799. The predicted octanol–water partition coefficient (Wildman–Crippen LogP) is 1.83. The summed E-state index contributed by atoms with van der Waals surface area (Å²) in [5, 5.41) is 11.2. The third-order valence-electron chi connectivity index (χ3n) is 3.73. The van der Waals surface area contributed by atoms with Gasteiger partial charge >= 0.3 is 5.69 Å². The van der Waals surface area contributed by atoms with Crippen molar-refractivity contribution in [3.05, 3.63) is 58.4 Å². The average Bonchev–Trinajstić information content (AvgIpc) is 2.86. The maximum Gasteiger partial charge on any atom is 0.340 e. The van der Waals surface area contributed by atoms with Crippen LogP contribution in [0.2, 0.25) is 0 Å². The molecule has 0 spiro atoms. The quantitative estimate of drug-likeness (QED) is 0.374. The van der Waals surface area contributed by atoms with Crippen LogP contribution in [0.1, 0.15) is 18.4 Å². The second kappa shape index (κ2) is 5.60. The highest BCUT2D eigenvalue weighted by atomic mass is 16.6. The van der Waals surface area contributed by atoms with Gasteiger partial charge in [0.05, 0.1) is 10.6 Å². The molecule has 0 N–H and O–H groups in total. The third kappa shape index (κ3) is 2.68. The van der Waals surface area contributed by atoms with Crippen LogP contribution in [0, 0.1) is 17.0 Å². The van der Waals surface area contributed by atoms with Crippen LogP contribution in [-0.4, -0.2) is 16.7 Å². The topological polar surface area (TPSA) is 84.4 Å². The lowest BCUT2D eigenvalue weighted by Crippen LogP contribution is -2.33. The molecule has 1 saturated heterocycles. The number of carbonyl (C=O) groups is 2. The van der Waals surface area contributed by atoms with Gasteiger partial charge in [-0.15, -0.1) is 0 Å². The van der Waals surface area contributed by atoms with Crippen molar-refractivity contribution in [2.24, 2.45) is 0 Å². The summed E-state index contributed by atoms with van der Waals surface area (Å²) in [7, 11) is 0. The number of nitrogens with zero attached hydrogens (tertiary/aromatic N) is 3. The molecule has 7 nitrogen and oxygen atoms in total. The van der Waals surface area contributed by atoms with Crippen LogP contribution >= 0.6 is 0 Å². The number of nitro groups is 1. The Labute approximate surface area is 131 Å². The lowest BCUT2D eigenvalue weighted by atomic mass is 10.2. The molecule has 1 aliphatic rings. The van der Waals surface area contributed by atoms with E-state index in [2.05, 4.69) is 0 Å². The molecule has 2 amide bonds. The van der Waals surface area contributed by atoms with E-state index in [1.807, 2.05) is 0 Å². The summed E-state index contributed by atoms with van der Waals surface area (Å²) >= 11 is 0. The van der Waals surface area contributed by atoms with E-state index in [1.165, 1.54) is 6.07 Å². The van der Waals surface area contributed by atoms with Gasteiger partial charge in [-0.2, -0.15) is 4.57 Å². The number of hydrogen-bond acceptors (Lipinski definition) is 4. The first-order valence-corrected chi connectivity index (χ1v) is 7.10. The molecule has 0 radical (unpaired) electrons. The van der Waals surface area contributed by atoms with Gasteiger partial charge in [0.25, 0.3) is 5.69 Å². The second-order valence-electron chi connectivity index (χ2n) is 5.34. The first-order chi connectivity index (χ1) is 11.0. The first-order valence-electron chi connectivity index (χ1n) is 7.10. The van der Waals surface area contributed by atoms with Gasteiger partial charge in [0, 0.05) is 37.1 Å². The Morgan fingerprint density at radius 3 is 2.26 bits per heavy atom. The van der Waals surface area contributed by atoms with Gasteiger partial charge in [0.15, 0.2) is 12.4 Å². The highest BCUT2D eigenvalue weighted by molar-refractivity contribution is 6.19. The lowest BCUT2D eigenvalue weighted by molar-refractivity contribution is -0.600. The molecule has 0 unspecified atom stereocenters. The molecular weight excluding hydrogens is 298 g/mol. The van der Waals surface area contributed by atoms with E-state index in [0.29, 0.717) is 11.4 Å². The van der Waals surface area contributed by atoms with Gasteiger partial charge in [-0.1, -0.05) is 6.07 Å². The fraction of sp³-hybridized carbons (Fsp3) is 0.188. The molecule has 0 aliphatic carbocycles. The Morgan fingerprint density at radius 1 is 1.09 bits per heavy atom. The van der Waals surface area contributed by atoms with Gasteiger partial charge in [0.2, 0.25) is 11.8 Å². The molecule has 23 heavy (non-hydrogen) atoms. The molecule has 0 atom stereocenters. The van der Waals surface area contributed by atoms with Crippen LogP contribution in [0.15, 0.2) is 42.7 Å². The zero-order chi connectivity index (χ0) is 16.6. The van der Waals surface area contributed by atoms with E-state index in [0.717, 1.165) is 10.5 Å². The van der Waals surface area contributed by atoms with Crippen molar-refractivity contribution in [3.63, 3.8) is 0 Å². The monoisotopic (exact) mass is 312 g/mol. The minimum Gasteiger partial charge on any atom is -0.274 e. The Kier molecular flexibility index (Phi) is 3.61. The van der Waals surface area contributed by atoms with Crippen LogP contribution in [0.25, 0.3) is 5.69 Å². The third-order valence-corrected chi connectivity index (χ3v) is 3.73. The number of benzene rings is 1.